The van der Waals surface area contributed by atoms with Crippen molar-refractivity contribution in [3.8, 4) is 0 Å². The van der Waals surface area contributed by atoms with Crippen LogP contribution in [0.5, 0.6) is 0 Å². The summed E-state index contributed by atoms with van der Waals surface area (Å²) in [4.78, 5) is 24.2. The molecule has 5 heteroatoms. The van der Waals surface area contributed by atoms with Crippen molar-refractivity contribution in [3.05, 3.63) is 0 Å². The molecular weight excluding hydrogens is 548 g/mol. The molecule has 0 aliphatic rings. The van der Waals surface area contributed by atoms with Crippen molar-refractivity contribution in [2.24, 2.45) is 0 Å². The lowest BCUT2D eigenvalue weighted by atomic mass is 10.0. The predicted molar refractivity (Wildman–Crippen MR) is 187 cm³/mol. The lowest BCUT2D eigenvalue weighted by molar-refractivity contribution is -0.161. The molecule has 0 unspecified atom stereocenters. The van der Waals surface area contributed by atoms with Gasteiger partial charge in [0.1, 0.15) is 6.61 Å². The van der Waals surface area contributed by atoms with Crippen LogP contribution in [0.2, 0.25) is 0 Å². The first-order valence-electron chi connectivity index (χ1n) is 19.6. The number of rotatable bonds is 36. The zero-order chi connectivity index (χ0) is 32.2. The Kier molecular flexibility index (Phi) is 35.5. The summed E-state index contributed by atoms with van der Waals surface area (Å²) in [6.07, 6.45) is 38.9. The fourth-order valence-electron chi connectivity index (χ4n) is 5.91. The maximum atomic E-state index is 12.1. The molecule has 1 atom stereocenters. The van der Waals surface area contributed by atoms with E-state index >= 15 is 0 Å². The molecule has 1 N–H and O–H groups in total. The van der Waals surface area contributed by atoms with Crippen molar-refractivity contribution >= 4 is 11.9 Å². The second-order valence-corrected chi connectivity index (χ2v) is 13.4. The zero-order valence-electron chi connectivity index (χ0n) is 29.7. The van der Waals surface area contributed by atoms with Gasteiger partial charge in [0.05, 0.1) is 6.61 Å². The van der Waals surface area contributed by atoms with Crippen LogP contribution in [0.25, 0.3) is 0 Å². The maximum absolute atomic E-state index is 12.1. The van der Waals surface area contributed by atoms with Gasteiger partial charge in [-0.25, -0.2) is 0 Å². The largest absolute Gasteiger partial charge is 0.462 e. The van der Waals surface area contributed by atoms with Gasteiger partial charge in [0.15, 0.2) is 6.10 Å². The van der Waals surface area contributed by atoms with Crippen molar-refractivity contribution < 1.29 is 24.2 Å². The van der Waals surface area contributed by atoms with E-state index in [4.69, 9.17) is 9.47 Å². The molecular formula is C39H76O5. The van der Waals surface area contributed by atoms with Crippen LogP contribution in [0.15, 0.2) is 0 Å². The highest BCUT2D eigenvalue weighted by Gasteiger charge is 2.16. The molecule has 0 saturated carbocycles. The molecule has 0 amide bonds. The number of aliphatic hydroxyl groups excluding tert-OH is 1. The van der Waals surface area contributed by atoms with Crippen LogP contribution in [0.4, 0.5) is 0 Å². The van der Waals surface area contributed by atoms with Gasteiger partial charge in [-0.2, -0.15) is 0 Å². The minimum Gasteiger partial charge on any atom is -0.462 e. The summed E-state index contributed by atoms with van der Waals surface area (Å²) in [6, 6.07) is 0. The van der Waals surface area contributed by atoms with Gasteiger partial charge in [0.25, 0.3) is 0 Å². The Morgan fingerprint density at radius 2 is 0.705 bits per heavy atom. The van der Waals surface area contributed by atoms with E-state index in [-0.39, 0.29) is 25.2 Å². The van der Waals surface area contributed by atoms with Gasteiger partial charge in [-0.15, -0.1) is 0 Å². The van der Waals surface area contributed by atoms with Crippen molar-refractivity contribution in [1.29, 1.82) is 0 Å². The molecule has 0 fully saturated rings. The van der Waals surface area contributed by atoms with Gasteiger partial charge in [-0.3, -0.25) is 9.59 Å². The standard InChI is InChI=1S/C39H76O5/c1-3-5-7-9-11-13-15-16-17-18-19-20-21-22-23-24-26-27-29-31-33-38(41)43-36-37(35-40)44-39(42)34-32-30-28-25-14-12-10-8-6-4-2/h37,40H,3-36H2,1-2H3/t37-/m0/s1. The first kappa shape index (κ1) is 42.9. The van der Waals surface area contributed by atoms with Gasteiger partial charge >= 0.3 is 11.9 Å². The van der Waals surface area contributed by atoms with Crippen LogP contribution in [-0.2, 0) is 19.1 Å². The van der Waals surface area contributed by atoms with Crippen LogP contribution in [0.1, 0.15) is 219 Å². The van der Waals surface area contributed by atoms with E-state index in [1.165, 1.54) is 161 Å². The molecule has 0 aromatic carbocycles. The third-order valence-electron chi connectivity index (χ3n) is 8.90. The van der Waals surface area contributed by atoms with Gasteiger partial charge < -0.3 is 14.6 Å². The monoisotopic (exact) mass is 625 g/mol. The van der Waals surface area contributed by atoms with E-state index in [1.807, 2.05) is 0 Å². The minimum atomic E-state index is -0.760. The van der Waals surface area contributed by atoms with Crippen molar-refractivity contribution in [2.45, 2.75) is 225 Å². The Balaban J connectivity index is 3.45. The highest BCUT2D eigenvalue weighted by Crippen LogP contribution is 2.16. The highest BCUT2D eigenvalue weighted by molar-refractivity contribution is 5.70. The minimum absolute atomic E-state index is 0.0572. The fourth-order valence-corrected chi connectivity index (χ4v) is 5.91. The van der Waals surface area contributed by atoms with Gasteiger partial charge in [0, 0.05) is 12.8 Å². The number of carbonyl (C=O) groups excluding carboxylic acids is 2. The first-order valence-corrected chi connectivity index (χ1v) is 19.6. The quantitative estimate of drug-likeness (QED) is 0.0554. The second-order valence-electron chi connectivity index (χ2n) is 13.4. The van der Waals surface area contributed by atoms with E-state index in [2.05, 4.69) is 13.8 Å². The molecule has 0 bridgehead atoms. The van der Waals surface area contributed by atoms with E-state index in [0.29, 0.717) is 12.8 Å². The molecule has 0 radical (unpaired) electrons. The number of hydrogen-bond donors (Lipinski definition) is 1. The van der Waals surface area contributed by atoms with Crippen LogP contribution in [0, 0.1) is 0 Å². The first-order chi connectivity index (χ1) is 21.6. The maximum Gasteiger partial charge on any atom is 0.306 e. The Labute approximate surface area is 274 Å². The molecule has 0 saturated heterocycles. The summed E-state index contributed by atoms with van der Waals surface area (Å²) in [5, 5.41) is 9.52. The van der Waals surface area contributed by atoms with E-state index in [9.17, 15) is 14.7 Å². The molecule has 0 spiro atoms. The summed E-state index contributed by atoms with van der Waals surface area (Å²) >= 11 is 0. The second kappa shape index (κ2) is 36.4. The SMILES string of the molecule is CCCCCCCCCCCCCCCCCCCCCCC(=O)OC[C@H](CO)OC(=O)CCCCCCCCCCCC. The summed E-state index contributed by atoms with van der Waals surface area (Å²) in [5.41, 5.74) is 0. The normalized spacial score (nSPS) is 12.0. The van der Waals surface area contributed by atoms with Crippen LogP contribution in [0.3, 0.4) is 0 Å². The lowest BCUT2D eigenvalue weighted by Crippen LogP contribution is -2.28. The summed E-state index contributed by atoms with van der Waals surface area (Å²) in [7, 11) is 0. The van der Waals surface area contributed by atoms with Crippen LogP contribution >= 0.6 is 0 Å². The topological polar surface area (TPSA) is 72.8 Å². The summed E-state index contributed by atoms with van der Waals surface area (Å²) in [6.45, 7) is 4.14. The number of ether oxygens (including phenoxy) is 2. The van der Waals surface area contributed by atoms with Crippen molar-refractivity contribution in [1.82, 2.24) is 0 Å². The Bertz CT molecular complexity index is 593. The average molecular weight is 625 g/mol. The molecule has 0 rings (SSSR count). The molecule has 0 aliphatic carbocycles. The van der Waals surface area contributed by atoms with E-state index in [1.54, 1.807) is 0 Å². The zero-order valence-corrected chi connectivity index (χ0v) is 29.7. The third-order valence-corrected chi connectivity index (χ3v) is 8.90. The molecule has 44 heavy (non-hydrogen) atoms. The number of aliphatic hydroxyl groups is 1. The summed E-state index contributed by atoms with van der Waals surface area (Å²) in [5.74, 6) is -0.578. The molecule has 0 aromatic rings. The molecule has 5 nitrogen and oxygen atoms in total. The van der Waals surface area contributed by atoms with E-state index in [0.717, 1.165) is 32.1 Å². The molecule has 262 valence electrons. The number of esters is 2. The molecule has 0 aromatic heterocycles. The average Bonchev–Trinajstić information content (AvgIpc) is 3.02. The van der Waals surface area contributed by atoms with Crippen molar-refractivity contribution in [3.63, 3.8) is 0 Å². The molecule has 0 heterocycles. The van der Waals surface area contributed by atoms with Gasteiger partial charge in [-0.1, -0.05) is 194 Å². The van der Waals surface area contributed by atoms with Crippen LogP contribution in [-0.4, -0.2) is 36.4 Å². The number of unbranched alkanes of at least 4 members (excludes halogenated alkanes) is 28. The number of carbonyl (C=O) groups is 2. The van der Waals surface area contributed by atoms with Gasteiger partial charge in [0.2, 0.25) is 0 Å². The van der Waals surface area contributed by atoms with Crippen LogP contribution < -0.4 is 0 Å². The fraction of sp³-hybridized carbons (Fsp3) is 0.949. The number of hydrogen-bond acceptors (Lipinski definition) is 5. The highest BCUT2D eigenvalue weighted by atomic mass is 16.6. The smallest absolute Gasteiger partial charge is 0.306 e. The Hall–Kier alpha value is -1.10. The summed E-state index contributed by atoms with van der Waals surface area (Å²) < 4.78 is 10.6. The van der Waals surface area contributed by atoms with Gasteiger partial charge in [-0.05, 0) is 12.8 Å². The Morgan fingerprint density at radius 1 is 0.432 bits per heavy atom. The predicted octanol–water partition coefficient (Wildman–Crippen LogP) is 12.0. The van der Waals surface area contributed by atoms with Crippen molar-refractivity contribution in [2.75, 3.05) is 13.2 Å². The Morgan fingerprint density at radius 3 is 1.00 bits per heavy atom. The third kappa shape index (κ3) is 33.8. The molecule has 0 aliphatic heterocycles. The lowest BCUT2D eigenvalue weighted by Gasteiger charge is -2.15. The van der Waals surface area contributed by atoms with E-state index < -0.39 is 6.10 Å².